The number of primary amides is 1. The summed E-state index contributed by atoms with van der Waals surface area (Å²) in [5.74, 6) is -5.37. The molecule has 4 rings (SSSR count). The van der Waals surface area contributed by atoms with Crippen molar-refractivity contribution in [3.8, 4) is 5.75 Å². The molecule has 9 heteroatoms. The molecule has 4 atom stereocenters. The Morgan fingerprint density at radius 2 is 1.97 bits per heavy atom. The van der Waals surface area contributed by atoms with Crippen LogP contribution < -0.4 is 10.5 Å². The van der Waals surface area contributed by atoms with Crippen molar-refractivity contribution in [3.05, 3.63) is 52.0 Å². The minimum Gasteiger partial charge on any atom is -0.510 e. The van der Waals surface area contributed by atoms with E-state index in [0.29, 0.717) is 24.3 Å². The van der Waals surface area contributed by atoms with Crippen LogP contribution in [0.3, 0.4) is 0 Å². The van der Waals surface area contributed by atoms with Gasteiger partial charge in [-0.3, -0.25) is 19.3 Å². The van der Waals surface area contributed by atoms with Gasteiger partial charge in [-0.2, -0.15) is 0 Å². The maximum atomic E-state index is 13.6. The molecule has 0 aromatic heterocycles. The van der Waals surface area contributed by atoms with Crippen LogP contribution in [-0.2, 0) is 16.0 Å². The smallest absolute Gasteiger partial charge is 0.255 e. The Labute approximate surface area is 191 Å². The van der Waals surface area contributed by atoms with Crippen LogP contribution in [-0.4, -0.2) is 70.0 Å². The summed E-state index contributed by atoms with van der Waals surface area (Å²) in [4.78, 5) is 40.4. The van der Waals surface area contributed by atoms with E-state index in [1.165, 1.54) is 0 Å². The maximum absolute atomic E-state index is 13.6. The van der Waals surface area contributed by atoms with Crippen molar-refractivity contribution in [2.75, 3.05) is 20.7 Å². The lowest BCUT2D eigenvalue weighted by Crippen LogP contribution is -2.63. The molecule has 3 aliphatic carbocycles. The first-order valence-corrected chi connectivity index (χ1v) is 10.9. The van der Waals surface area contributed by atoms with Gasteiger partial charge in [-0.15, -0.1) is 0 Å². The molecule has 0 saturated heterocycles. The highest BCUT2D eigenvalue weighted by molar-refractivity contribution is 6.24. The topological polar surface area (TPSA) is 150 Å². The Morgan fingerprint density at radius 3 is 2.58 bits per heavy atom. The van der Waals surface area contributed by atoms with Crippen LogP contribution in [0.5, 0.6) is 5.75 Å². The van der Waals surface area contributed by atoms with E-state index in [2.05, 4.69) is 0 Å². The van der Waals surface area contributed by atoms with Crippen LogP contribution in [0.2, 0.25) is 0 Å². The number of amides is 1. The van der Waals surface area contributed by atoms with Gasteiger partial charge in [-0.05, 0) is 50.9 Å². The number of ether oxygens (including phenoxy) is 1. The number of likely N-dealkylation sites (N-methyl/N-ethyl adjacent to an activating group) is 1. The molecule has 1 unspecified atom stereocenters. The first kappa shape index (κ1) is 23.0. The Kier molecular flexibility index (Phi) is 5.58. The molecule has 1 aromatic rings. The summed E-state index contributed by atoms with van der Waals surface area (Å²) in [6.45, 7) is 2.34. The quantitative estimate of drug-likeness (QED) is 0.483. The van der Waals surface area contributed by atoms with Gasteiger partial charge in [0, 0.05) is 11.5 Å². The van der Waals surface area contributed by atoms with Crippen LogP contribution in [0.15, 0.2) is 40.9 Å². The van der Waals surface area contributed by atoms with Crippen LogP contribution >= 0.6 is 0 Å². The summed E-state index contributed by atoms with van der Waals surface area (Å²) in [5.41, 5.74) is 2.99. The molecule has 0 spiro atoms. The van der Waals surface area contributed by atoms with E-state index in [0.717, 1.165) is 12.0 Å². The van der Waals surface area contributed by atoms with E-state index in [1.807, 2.05) is 13.0 Å². The van der Waals surface area contributed by atoms with E-state index in [-0.39, 0.29) is 12.0 Å². The summed E-state index contributed by atoms with van der Waals surface area (Å²) in [6, 6.07) is 4.32. The largest absolute Gasteiger partial charge is 0.510 e. The van der Waals surface area contributed by atoms with Gasteiger partial charge in [0.2, 0.25) is 5.78 Å². The van der Waals surface area contributed by atoms with Crippen LogP contribution in [0.1, 0.15) is 35.7 Å². The number of aliphatic hydroxyl groups excluding tert-OH is 2. The van der Waals surface area contributed by atoms with Crippen LogP contribution in [0.25, 0.3) is 0 Å². The molecule has 9 nitrogen and oxygen atoms in total. The fourth-order valence-corrected chi connectivity index (χ4v) is 5.51. The highest BCUT2D eigenvalue weighted by atomic mass is 16.5. The van der Waals surface area contributed by atoms with E-state index in [9.17, 15) is 29.7 Å². The molecule has 0 fully saturated rings. The number of carbonyl (C=O) groups is 3. The van der Waals surface area contributed by atoms with E-state index >= 15 is 0 Å². The van der Waals surface area contributed by atoms with E-state index in [1.54, 1.807) is 31.1 Å². The zero-order valence-corrected chi connectivity index (χ0v) is 18.8. The molecule has 0 saturated carbocycles. The molecule has 33 heavy (non-hydrogen) atoms. The number of nitrogens with zero attached hydrogens (tertiary/aromatic N) is 1. The number of benzene rings is 1. The predicted octanol–water partition coefficient (Wildman–Crippen LogP) is 1.20. The summed E-state index contributed by atoms with van der Waals surface area (Å²) in [7, 11) is 3.23. The van der Waals surface area contributed by atoms with Crippen LogP contribution in [0.4, 0.5) is 0 Å². The maximum Gasteiger partial charge on any atom is 0.255 e. The van der Waals surface area contributed by atoms with Gasteiger partial charge in [-0.25, -0.2) is 0 Å². The van der Waals surface area contributed by atoms with Crippen molar-refractivity contribution in [2.24, 2.45) is 17.6 Å². The number of Topliss-reactive ketones (excluding diaryl/α,β-unsaturated/α-hetero) is 2. The molecule has 3 aliphatic rings. The van der Waals surface area contributed by atoms with Crippen molar-refractivity contribution in [1.29, 1.82) is 0 Å². The average Bonchev–Trinajstić information content (AvgIpc) is 2.74. The van der Waals surface area contributed by atoms with Gasteiger partial charge < -0.3 is 25.8 Å². The number of hydrogen-bond donors (Lipinski definition) is 4. The number of rotatable bonds is 5. The number of hydrogen-bond acceptors (Lipinski definition) is 8. The first-order chi connectivity index (χ1) is 15.5. The fraction of sp³-hybridized carbons (Fsp3) is 0.458. The summed E-state index contributed by atoms with van der Waals surface area (Å²) < 4.78 is 5.74. The molecule has 1 aromatic carbocycles. The highest BCUT2D eigenvalue weighted by Gasteiger charge is 2.63. The number of fused-ring (bicyclic) bond motifs is 3. The molecular formula is C24H28N2O7. The minimum atomic E-state index is -2.57. The zero-order chi connectivity index (χ0) is 24.2. The molecule has 176 valence electrons. The molecule has 0 aliphatic heterocycles. The summed E-state index contributed by atoms with van der Waals surface area (Å²) >= 11 is 0. The van der Waals surface area contributed by atoms with Crippen molar-refractivity contribution < 1.29 is 34.4 Å². The Hall–Kier alpha value is -3.17. The lowest BCUT2D eigenvalue weighted by atomic mass is 9.58. The Balaban J connectivity index is 1.91. The third-order valence-corrected chi connectivity index (χ3v) is 6.91. The van der Waals surface area contributed by atoms with Crippen LogP contribution in [0, 0.1) is 11.8 Å². The van der Waals surface area contributed by atoms with Gasteiger partial charge >= 0.3 is 0 Å². The van der Waals surface area contributed by atoms with E-state index < -0.39 is 58.0 Å². The van der Waals surface area contributed by atoms with Crippen molar-refractivity contribution in [1.82, 2.24) is 4.90 Å². The minimum absolute atomic E-state index is 0.0649. The highest BCUT2D eigenvalue weighted by Crippen LogP contribution is 2.52. The van der Waals surface area contributed by atoms with Crippen molar-refractivity contribution in [3.63, 3.8) is 0 Å². The average molecular weight is 456 g/mol. The number of nitrogens with two attached hydrogens (primary N) is 1. The lowest BCUT2D eigenvalue weighted by Gasteiger charge is -2.50. The van der Waals surface area contributed by atoms with Crippen molar-refractivity contribution >= 4 is 17.5 Å². The standard InChI is InChI=1S/C24H28N2O7/c1-4-8-33-14-7-5-6-11-9-12-10-13-18(26(2)3)20(28)17(23(25)31)22(30)24(13,32)21(29)16(12)19(27)15(11)14/h5-7,12-13,18,28-29,32H,4,8-10H2,1-3H3,(H2,25,31)/t12-,13-,18?,24-/m0/s1. The Morgan fingerprint density at radius 1 is 1.27 bits per heavy atom. The molecule has 5 N–H and O–H groups in total. The van der Waals surface area contributed by atoms with Gasteiger partial charge in [0.1, 0.15) is 22.8 Å². The molecular weight excluding hydrogens is 428 g/mol. The number of carbonyl (C=O) groups excluding carboxylic acids is 3. The predicted molar refractivity (Wildman–Crippen MR) is 118 cm³/mol. The second kappa shape index (κ2) is 8.00. The summed E-state index contributed by atoms with van der Waals surface area (Å²) in [5, 5.41) is 33.6. The third kappa shape index (κ3) is 3.18. The fourth-order valence-electron chi connectivity index (χ4n) is 5.51. The lowest BCUT2D eigenvalue weighted by molar-refractivity contribution is -0.148. The molecule has 1 amide bonds. The molecule has 0 heterocycles. The van der Waals surface area contributed by atoms with Gasteiger partial charge in [-0.1, -0.05) is 19.1 Å². The zero-order valence-electron chi connectivity index (χ0n) is 18.8. The van der Waals surface area contributed by atoms with Gasteiger partial charge in [0.05, 0.1) is 18.2 Å². The van der Waals surface area contributed by atoms with Gasteiger partial charge in [0.15, 0.2) is 11.4 Å². The SMILES string of the molecule is CCCOc1cccc2c1C(=O)C1=C(O)[C@]3(O)C(=O)C(C(N)=O)=C(O)C(N(C)C)[C@@H]3C[C@@H]1C2. The molecule has 0 radical (unpaired) electrons. The number of ketones is 2. The second-order valence-corrected chi connectivity index (χ2v) is 9.10. The summed E-state index contributed by atoms with van der Waals surface area (Å²) in [6.07, 6.45) is 1.26. The van der Waals surface area contributed by atoms with E-state index in [4.69, 9.17) is 10.5 Å². The van der Waals surface area contributed by atoms with Crippen molar-refractivity contribution in [2.45, 2.75) is 37.8 Å². The number of aliphatic hydroxyl groups is 3. The first-order valence-electron chi connectivity index (χ1n) is 10.9. The third-order valence-electron chi connectivity index (χ3n) is 6.91. The Bertz CT molecular complexity index is 1120. The number of allylic oxidation sites excluding steroid dienone is 1. The molecule has 0 bridgehead atoms. The monoisotopic (exact) mass is 456 g/mol. The second-order valence-electron chi connectivity index (χ2n) is 9.10. The van der Waals surface area contributed by atoms with Gasteiger partial charge in [0.25, 0.3) is 5.91 Å². The normalized spacial score (nSPS) is 29.1.